The van der Waals surface area contributed by atoms with Gasteiger partial charge < -0.3 is 71.9 Å². The molecule has 9 N–H and O–H groups in total. The SMILES string of the molecule is CC[C@H](NC)C(=O)N[C@@H]1C(=O)N2[C@@H](CC[C@@H]1Cn1cc(CCC(=O)NCCOCCOCCOCCNC(=O)[C@@H](NC(=O)[C@@H]3CC[C@@H]4CC[C@H](CNCc5ccccc5)[C@H](NC(=O)[C@H](CC)NC)C(=O)N43)c3ccccc3)nn1)CC[C@H]2C(=O)NC(c1ccccc1)c1ccccc1. The van der Waals surface area contributed by atoms with Gasteiger partial charge in [0.1, 0.15) is 30.2 Å². The number of amides is 8. The summed E-state index contributed by atoms with van der Waals surface area (Å²) in [6, 6.07) is 32.3. The van der Waals surface area contributed by atoms with E-state index in [1.54, 1.807) is 59.0 Å². The number of hydrogen-bond donors (Lipinski definition) is 9. The number of benzene rings is 4. The molecule has 11 atom stereocenters. The van der Waals surface area contributed by atoms with E-state index in [0.717, 1.165) is 16.7 Å². The Morgan fingerprint density at radius 3 is 1.54 bits per heavy atom. The molecular weight excluding hydrogens is 1250 g/mol. The minimum atomic E-state index is -1.05. The number of fused-ring (bicyclic) bond motifs is 2. The Hall–Kier alpha value is -8.46. The lowest BCUT2D eigenvalue weighted by Gasteiger charge is -2.33. The summed E-state index contributed by atoms with van der Waals surface area (Å²) in [7, 11) is 3.43. The van der Waals surface area contributed by atoms with Crippen LogP contribution in [0.5, 0.6) is 0 Å². The number of likely N-dealkylation sites (N-methyl/N-ethyl adjacent to an activating group) is 2. The van der Waals surface area contributed by atoms with Gasteiger partial charge in [0, 0.05) is 75.7 Å². The molecular formula is C73H100N14O11. The van der Waals surface area contributed by atoms with Crippen LogP contribution in [0, 0.1) is 11.8 Å². The van der Waals surface area contributed by atoms with E-state index in [0.29, 0.717) is 108 Å². The first-order valence-electron chi connectivity index (χ1n) is 35.0. The summed E-state index contributed by atoms with van der Waals surface area (Å²) in [6.45, 7) is 7.22. The average molecular weight is 1350 g/mol. The predicted molar refractivity (Wildman–Crippen MR) is 368 cm³/mol. The van der Waals surface area contributed by atoms with Crippen LogP contribution >= 0.6 is 0 Å². The first-order valence-corrected chi connectivity index (χ1v) is 35.0. The zero-order valence-electron chi connectivity index (χ0n) is 57.0. The fourth-order valence-electron chi connectivity index (χ4n) is 14.0. The van der Waals surface area contributed by atoms with Crippen molar-refractivity contribution in [2.45, 2.75) is 164 Å². The van der Waals surface area contributed by atoms with Crippen LogP contribution in [0.2, 0.25) is 0 Å². The molecule has 528 valence electrons. The van der Waals surface area contributed by atoms with Crippen LogP contribution in [0.25, 0.3) is 0 Å². The molecule has 0 spiro atoms. The van der Waals surface area contributed by atoms with Gasteiger partial charge in [-0.1, -0.05) is 140 Å². The van der Waals surface area contributed by atoms with Crippen molar-refractivity contribution >= 4 is 47.3 Å². The maximum absolute atomic E-state index is 14.9. The summed E-state index contributed by atoms with van der Waals surface area (Å²) in [5.41, 5.74) is 4.14. The summed E-state index contributed by atoms with van der Waals surface area (Å²) in [4.78, 5) is 116. The molecule has 4 aliphatic rings. The van der Waals surface area contributed by atoms with Gasteiger partial charge in [-0.25, -0.2) is 0 Å². The van der Waals surface area contributed by atoms with E-state index in [1.165, 1.54) is 0 Å². The first kappa shape index (κ1) is 73.8. The van der Waals surface area contributed by atoms with Gasteiger partial charge in [-0.3, -0.25) is 43.0 Å². The van der Waals surface area contributed by atoms with Gasteiger partial charge in [0.2, 0.25) is 47.3 Å². The number of carbonyl (C=O) groups excluding carboxylic acids is 8. The normalized spacial score (nSPS) is 21.6. The molecule has 5 heterocycles. The fourth-order valence-corrected chi connectivity index (χ4v) is 14.0. The van der Waals surface area contributed by atoms with Gasteiger partial charge >= 0.3 is 0 Å². The molecule has 4 fully saturated rings. The highest BCUT2D eigenvalue weighted by atomic mass is 16.5. The maximum atomic E-state index is 14.9. The Kier molecular flexibility index (Phi) is 28.6. The van der Waals surface area contributed by atoms with Crippen LogP contribution in [-0.2, 0) is 72.1 Å². The highest BCUT2D eigenvalue weighted by molar-refractivity contribution is 5.97. The number of aryl methyl sites for hydroxylation is 1. The Labute approximate surface area is 575 Å². The van der Waals surface area contributed by atoms with E-state index >= 15 is 0 Å². The third kappa shape index (κ3) is 20.3. The second-order valence-corrected chi connectivity index (χ2v) is 25.8. The highest BCUT2D eigenvalue weighted by Crippen LogP contribution is 2.37. The molecule has 0 saturated carbocycles. The van der Waals surface area contributed by atoms with E-state index in [9.17, 15) is 38.4 Å². The van der Waals surface area contributed by atoms with Crippen molar-refractivity contribution in [3.63, 3.8) is 0 Å². The first-order chi connectivity index (χ1) is 47.8. The second-order valence-electron chi connectivity index (χ2n) is 25.8. The molecule has 0 aliphatic carbocycles. The van der Waals surface area contributed by atoms with Crippen LogP contribution in [0.4, 0.5) is 0 Å². The number of rotatable bonds is 37. The van der Waals surface area contributed by atoms with Gasteiger partial charge in [-0.05, 0) is 101 Å². The number of hydrogen-bond acceptors (Lipinski definition) is 16. The summed E-state index contributed by atoms with van der Waals surface area (Å²) >= 11 is 0. The van der Waals surface area contributed by atoms with Crippen molar-refractivity contribution in [1.82, 2.24) is 72.6 Å². The number of nitrogens with zero attached hydrogens (tertiary/aromatic N) is 5. The Morgan fingerprint density at radius 1 is 0.541 bits per heavy atom. The van der Waals surface area contributed by atoms with E-state index in [2.05, 4.69) is 58.2 Å². The fraction of sp³-hybridized carbons (Fsp3) is 0.534. The van der Waals surface area contributed by atoms with Crippen molar-refractivity contribution in [2.24, 2.45) is 11.8 Å². The van der Waals surface area contributed by atoms with E-state index < -0.39 is 60.1 Å². The molecule has 0 radical (unpaired) electrons. The van der Waals surface area contributed by atoms with Gasteiger partial charge in [-0.15, -0.1) is 5.10 Å². The van der Waals surface area contributed by atoms with E-state index in [1.807, 2.05) is 111 Å². The van der Waals surface area contributed by atoms with Crippen LogP contribution in [0.15, 0.2) is 128 Å². The Balaban J connectivity index is 0.663. The van der Waals surface area contributed by atoms with Gasteiger partial charge in [0.15, 0.2) is 0 Å². The van der Waals surface area contributed by atoms with Crippen LogP contribution in [0.1, 0.15) is 125 Å². The molecule has 25 heteroatoms. The topological polar surface area (TPSA) is 310 Å². The zero-order valence-corrected chi connectivity index (χ0v) is 57.0. The number of carbonyl (C=O) groups is 8. The summed E-state index contributed by atoms with van der Waals surface area (Å²) in [6.07, 6.45) is 8.11. The van der Waals surface area contributed by atoms with Crippen LogP contribution in [-0.4, -0.2) is 194 Å². The van der Waals surface area contributed by atoms with Crippen molar-refractivity contribution in [3.05, 3.63) is 155 Å². The predicted octanol–water partition coefficient (Wildman–Crippen LogP) is 3.55. The summed E-state index contributed by atoms with van der Waals surface area (Å²) in [5, 5.41) is 36.5. The van der Waals surface area contributed by atoms with Crippen molar-refractivity contribution in [3.8, 4) is 0 Å². The highest BCUT2D eigenvalue weighted by Gasteiger charge is 2.50. The van der Waals surface area contributed by atoms with Gasteiger partial charge in [0.25, 0.3) is 0 Å². The molecule has 1 aromatic heterocycles. The lowest BCUT2D eigenvalue weighted by atomic mass is 9.92. The molecule has 98 heavy (non-hydrogen) atoms. The van der Waals surface area contributed by atoms with Gasteiger partial charge in [0.05, 0.1) is 63.5 Å². The molecule has 8 amide bonds. The standard InChI is InChI=1S/C73H100N14O11/c1-5-58(74-3)67(89)81-65-53(46-76-45-49-19-11-7-12-20-49)27-30-56-32-35-61(86(56)72(65)94)70(92)80-64(52-25-17-10-18-26-52)71(93)78-38-40-97-42-44-98-43-41-96-39-37-77-62(88)36-29-55-48-85(84-83-55)47-54-28-31-57-33-34-60(87(57)73(95)66(54)82-68(90)59(6-2)75-4)69(91)79-63(50-21-13-8-14-22-50)51-23-15-9-16-24-51/h7-26,48,53-54,56-61,63-66,74-76H,5-6,27-47H2,1-4H3,(H,77,88)(H,78,93)(H,79,91)(H,80,92)(H,81,89)(H,82,90)/t53-,54-,56+,57+,58+,59+,60+,61+,64+,65+,66+/m1/s1. The molecule has 4 aliphatic heterocycles. The monoisotopic (exact) mass is 1350 g/mol. The Morgan fingerprint density at radius 2 is 1.01 bits per heavy atom. The third-order valence-electron chi connectivity index (χ3n) is 19.4. The quantitative estimate of drug-likeness (QED) is 0.0257. The van der Waals surface area contributed by atoms with Crippen LogP contribution < -0.4 is 47.9 Å². The zero-order chi connectivity index (χ0) is 69.2. The van der Waals surface area contributed by atoms with Crippen LogP contribution in [0.3, 0.4) is 0 Å². The van der Waals surface area contributed by atoms with E-state index in [-0.39, 0.29) is 112 Å². The maximum Gasteiger partial charge on any atom is 0.247 e. The number of nitrogens with one attached hydrogen (secondary N) is 9. The molecule has 0 unspecified atom stereocenters. The largest absolute Gasteiger partial charge is 0.377 e. The summed E-state index contributed by atoms with van der Waals surface area (Å²) in [5.74, 6) is -3.02. The second kappa shape index (κ2) is 38.0. The molecule has 25 nitrogen and oxygen atoms in total. The number of aromatic nitrogens is 3. The lowest BCUT2D eigenvalue weighted by molar-refractivity contribution is -0.144. The third-order valence-corrected chi connectivity index (χ3v) is 19.4. The van der Waals surface area contributed by atoms with Crippen molar-refractivity contribution < 1.29 is 52.6 Å². The van der Waals surface area contributed by atoms with E-state index in [4.69, 9.17) is 14.2 Å². The molecule has 4 aromatic carbocycles. The summed E-state index contributed by atoms with van der Waals surface area (Å²) < 4.78 is 18.8. The molecule has 4 saturated heterocycles. The lowest BCUT2D eigenvalue weighted by Crippen LogP contribution is -2.59. The van der Waals surface area contributed by atoms with Gasteiger partial charge in [-0.2, -0.15) is 0 Å². The number of ether oxygens (including phenoxy) is 3. The van der Waals surface area contributed by atoms with Crippen molar-refractivity contribution in [2.75, 3.05) is 73.4 Å². The molecule has 5 aromatic rings. The smallest absolute Gasteiger partial charge is 0.247 e. The Bertz CT molecular complexity index is 3300. The average Bonchev–Trinajstić information content (AvgIpc) is 1.62. The minimum absolute atomic E-state index is 0.161. The molecule has 9 rings (SSSR count). The molecule has 0 bridgehead atoms. The van der Waals surface area contributed by atoms with Crippen molar-refractivity contribution in [1.29, 1.82) is 0 Å². The minimum Gasteiger partial charge on any atom is -0.377 e.